The van der Waals surface area contributed by atoms with Crippen LogP contribution in [0.1, 0.15) is 12.5 Å². The lowest BCUT2D eigenvalue weighted by atomic mass is 10.1. The molecule has 5 heteroatoms. The maximum absolute atomic E-state index is 12.6. The third kappa shape index (κ3) is 3.12. The van der Waals surface area contributed by atoms with E-state index in [-0.39, 0.29) is 18.4 Å². The minimum absolute atomic E-state index is 0.00213. The van der Waals surface area contributed by atoms with Crippen LogP contribution in [0.3, 0.4) is 0 Å². The average molecular weight is 327 g/mol. The van der Waals surface area contributed by atoms with Gasteiger partial charge >= 0.3 is 0 Å². The number of nitrogens with one attached hydrogen (secondary N) is 1. The van der Waals surface area contributed by atoms with Gasteiger partial charge in [0.25, 0.3) is 5.91 Å². The molecule has 0 saturated carbocycles. The monoisotopic (exact) mass is 326 g/mol. The van der Waals surface area contributed by atoms with Crippen molar-refractivity contribution in [2.75, 3.05) is 16.8 Å². The van der Waals surface area contributed by atoms with Crippen LogP contribution in [-0.4, -0.2) is 18.4 Å². The van der Waals surface area contributed by atoms with Crippen LogP contribution in [0, 0.1) is 0 Å². The Hall–Kier alpha value is -2.59. The summed E-state index contributed by atoms with van der Waals surface area (Å²) in [7, 11) is 0. The first-order valence-corrected chi connectivity index (χ1v) is 7.57. The van der Waals surface area contributed by atoms with E-state index in [1.165, 1.54) is 11.0 Å². The Morgan fingerprint density at radius 1 is 1.17 bits per heavy atom. The van der Waals surface area contributed by atoms with Crippen molar-refractivity contribution in [2.45, 2.75) is 6.92 Å². The number of benzene rings is 2. The van der Waals surface area contributed by atoms with Crippen molar-refractivity contribution in [1.29, 1.82) is 0 Å². The Morgan fingerprint density at radius 3 is 2.65 bits per heavy atom. The molecule has 0 saturated heterocycles. The van der Waals surface area contributed by atoms with Crippen LogP contribution in [0.2, 0.25) is 5.02 Å². The number of allylic oxidation sites excluding steroid dienone is 1. The number of fused-ring (bicyclic) bond motifs is 1. The number of hydrogen-bond donors (Lipinski definition) is 1. The standard InChI is InChI=1S/C18H15ClN2O2/c1-12(13-6-2-3-7-14(13)19)10-18(23)21-11-17(22)20-15-8-4-5-9-16(15)21/h2-10H,11H2,1H3,(H,20,22)/b12-10-. The van der Waals surface area contributed by atoms with Crippen LogP contribution in [0.15, 0.2) is 54.6 Å². The number of rotatable bonds is 2. The second-order valence-electron chi connectivity index (χ2n) is 5.30. The molecule has 0 aliphatic carbocycles. The second kappa shape index (κ2) is 6.26. The van der Waals surface area contributed by atoms with Gasteiger partial charge in [0.2, 0.25) is 5.91 Å². The van der Waals surface area contributed by atoms with Crippen LogP contribution in [0.5, 0.6) is 0 Å². The lowest BCUT2D eigenvalue weighted by Gasteiger charge is -2.28. The van der Waals surface area contributed by atoms with Gasteiger partial charge in [-0.15, -0.1) is 0 Å². The molecule has 0 atom stereocenters. The molecule has 2 aromatic carbocycles. The zero-order chi connectivity index (χ0) is 16.4. The van der Waals surface area contributed by atoms with Gasteiger partial charge in [-0.05, 0) is 36.3 Å². The molecular formula is C18H15ClN2O2. The fourth-order valence-corrected chi connectivity index (χ4v) is 2.84. The smallest absolute Gasteiger partial charge is 0.251 e. The Bertz CT molecular complexity index is 814. The molecule has 2 amide bonds. The second-order valence-corrected chi connectivity index (χ2v) is 5.70. The van der Waals surface area contributed by atoms with Crippen molar-refractivity contribution < 1.29 is 9.59 Å². The minimum atomic E-state index is -0.246. The van der Waals surface area contributed by atoms with E-state index in [9.17, 15) is 9.59 Å². The number of carbonyl (C=O) groups is 2. The maximum atomic E-state index is 12.6. The first kappa shape index (κ1) is 15.3. The van der Waals surface area contributed by atoms with Crippen molar-refractivity contribution in [2.24, 2.45) is 0 Å². The Morgan fingerprint density at radius 2 is 1.87 bits per heavy atom. The summed E-state index contributed by atoms with van der Waals surface area (Å²) in [6.07, 6.45) is 1.51. The van der Waals surface area contributed by atoms with Gasteiger partial charge in [-0.3, -0.25) is 14.5 Å². The van der Waals surface area contributed by atoms with Crippen LogP contribution >= 0.6 is 11.6 Å². The van der Waals surface area contributed by atoms with Crippen molar-refractivity contribution in [1.82, 2.24) is 0 Å². The SMILES string of the molecule is C/C(=C/C(=O)N1CC(=O)Nc2ccccc21)c1ccccc1Cl. The first-order chi connectivity index (χ1) is 11.1. The third-order valence-corrected chi connectivity index (χ3v) is 4.00. The molecule has 0 spiro atoms. The molecule has 1 aliphatic rings. The fraction of sp³-hybridized carbons (Fsp3) is 0.111. The zero-order valence-corrected chi connectivity index (χ0v) is 13.3. The molecule has 1 N–H and O–H groups in total. The highest BCUT2D eigenvalue weighted by atomic mass is 35.5. The van der Waals surface area contributed by atoms with E-state index in [0.29, 0.717) is 16.4 Å². The lowest BCUT2D eigenvalue weighted by molar-refractivity contribution is -0.119. The molecular weight excluding hydrogens is 312 g/mol. The largest absolute Gasteiger partial charge is 0.323 e. The molecule has 116 valence electrons. The molecule has 1 aliphatic heterocycles. The van der Waals surface area contributed by atoms with Gasteiger partial charge in [0.15, 0.2) is 0 Å². The van der Waals surface area contributed by atoms with Crippen molar-refractivity contribution in [3.05, 3.63) is 65.2 Å². The molecule has 3 rings (SSSR count). The summed E-state index contributed by atoms with van der Waals surface area (Å²) < 4.78 is 0. The average Bonchev–Trinajstić information content (AvgIpc) is 2.54. The molecule has 1 heterocycles. The van der Waals surface area contributed by atoms with Crippen LogP contribution in [-0.2, 0) is 9.59 Å². The molecule has 0 aromatic heterocycles. The van der Waals surface area contributed by atoms with E-state index in [1.807, 2.05) is 43.3 Å². The number of hydrogen-bond acceptors (Lipinski definition) is 2. The van der Waals surface area contributed by atoms with Gasteiger partial charge in [0.05, 0.1) is 11.4 Å². The van der Waals surface area contributed by atoms with Crippen molar-refractivity contribution in [3.63, 3.8) is 0 Å². The normalized spacial score (nSPS) is 14.3. The zero-order valence-electron chi connectivity index (χ0n) is 12.5. The van der Waals surface area contributed by atoms with Gasteiger partial charge in [-0.2, -0.15) is 0 Å². The van der Waals surface area contributed by atoms with Crippen LogP contribution < -0.4 is 10.2 Å². The maximum Gasteiger partial charge on any atom is 0.251 e. The Kier molecular flexibility index (Phi) is 4.17. The lowest BCUT2D eigenvalue weighted by Crippen LogP contribution is -2.41. The summed E-state index contributed by atoms with van der Waals surface area (Å²) in [5, 5.41) is 3.35. The van der Waals surface area contributed by atoms with Crippen molar-refractivity contribution in [3.8, 4) is 0 Å². The highest BCUT2D eigenvalue weighted by molar-refractivity contribution is 6.32. The van der Waals surface area contributed by atoms with E-state index >= 15 is 0 Å². The summed E-state index contributed by atoms with van der Waals surface area (Å²) in [5.74, 6) is -0.453. The highest BCUT2D eigenvalue weighted by Gasteiger charge is 2.25. The van der Waals surface area contributed by atoms with Gasteiger partial charge in [0.1, 0.15) is 6.54 Å². The quantitative estimate of drug-likeness (QED) is 0.855. The van der Waals surface area contributed by atoms with E-state index in [1.54, 1.807) is 12.1 Å². The van der Waals surface area contributed by atoms with E-state index in [2.05, 4.69) is 5.32 Å². The molecule has 4 nitrogen and oxygen atoms in total. The molecule has 0 fully saturated rings. The van der Waals surface area contributed by atoms with E-state index < -0.39 is 0 Å². The van der Waals surface area contributed by atoms with Gasteiger partial charge in [-0.25, -0.2) is 0 Å². The first-order valence-electron chi connectivity index (χ1n) is 7.20. The van der Waals surface area contributed by atoms with Gasteiger partial charge < -0.3 is 5.32 Å². The Labute approximate surface area is 139 Å². The topological polar surface area (TPSA) is 49.4 Å². The molecule has 0 radical (unpaired) electrons. The summed E-state index contributed by atoms with van der Waals surface area (Å²) in [4.78, 5) is 25.9. The number of para-hydroxylation sites is 2. The van der Waals surface area contributed by atoms with E-state index in [0.717, 1.165) is 11.1 Å². The van der Waals surface area contributed by atoms with Crippen LogP contribution in [0.25, 0.3) is 5.57 Å². The number of halogens is 1. The number of nitrogens with zero attached hydrogens (tertiary/aromatic N) is 1. The van der Waals surface area contributed by atoms with Gasteiger partial charge in [0, 0.05) is 11.1 Å². The number of carbonyl (C=O) groups excluding carboxylic acids is 2. The molecule has 2 aromatic rings. The summed E-state index contributed by atoms with van der Waals surface area (Å²) >= 11 is 6.16. The molecule has 0 unspecified atom stereocenters. The van der Waals surface area contributed by atoms with Crippen molar-refractivity contribution >= 4 is 40.4 Å². The number of amides is 2. The third-order valence-electron chi connectivity index (χ3n) is 3.68. The predicted octanol–water partition coefficient (Wildman–Crippen LogP) is 3.73. The predicted molar refractivity (Wildman–Crippen MR) is 92.5 cm³/mol. The van der Waals surface area contributed by atoms with E-state index in [4.69, 9.17) is 11.6 Å². The Balaban J connectivity index is 1.93. The highest BCUT2D eigenvalue weighted by Crippen LogP contribution is 2.30. The fourth-order valence-electron chi connectivity index (χ4n) is 2.55. The summed E-state index contributed by atoms with van der Waals surface area (Å²) in [5.41, 5.74) is 2.89. The summed E-state index contributed by atoms with van der Waals surface area (Å²) in [6, 6.07) is 14.6. The summed E-state index contributed by atoms with van der Waals surface area (Å²) in [6.45, 7) is 1.83. The minimum Gasteiger partial charge on any atom is -0.323 e. The molecule has 0 bridgehead atoms. The van der Waals surface area contributed by atoms with Gasteiger partial charge in [-0.1, -0.05) is 41.9 Å². The van der Waals surface area contributed by atoms with Crippen LogP contribution in [0.4, 0.5) is 11.4 Å². The number of anilines is 2. The molecule has 23 heavy (non-hydrogen) atoms.